The van der Waals surface area contributed by atoms with Gasteiger partial charge in [-0.3, -0.25) is 4.57 Å². The molecule has 1 aliphatic rings. The van der Waals surface area contributed by atoms with Gasteiger partial charge in [-0.1, -0.05) is 112 Å². The van der Waals surface area contributed by atoms with E-state index in [1.54, 1.807) is 0 Å². The maximum atomic E-state index is 6.72. The van der Waals surface area contributed by atoms with Crippen LogP contribution in [0.5, 0.6) is 0 Å². The Morgan fingerprint density at radius 1 is 0.566 bits per heavy atom. The summed E-state index contributed by atoms with van der Waals surface area (Å²) in [4.78, 5) is 10.6. The number of para-hydroxylation sites is 2. The smallest absolute Gasteiger partial charge is 0.235 e. The van der Waals surface area contributed by atoms with Crippen LogP contribution in [0, 0.1) is 0 Å². The van der Waals surface area contributed by atoms with Crippen LogP contribution < -0.4 is 10.6 Å². The van der Waals surface area contributed by atoms with Crippen molar-refractivity contribution < 1.29 is 8.83 Å². The third-order valence-electron chi connectivity index (χ3n) is 11.0. The summed E-state index contributed by atoms with van der Waals surface area (Å²) in [6.45, 7) is 6.75. The molecule has 11 rings (SSSR count). The van der Waals surface area contributed by atoms with E-state index >= 15 is 0 Å². The highest BCUT2D eigenvalue weighted by Gasteiger charge is 2.23. The second-order valence-corrected chi connectivity index (χ2v) is 15.3. The lowest BCUT2D eigenvalue weighted by Crippen LogP contribution is -2.34. The van der Waals surface area contributed by atoms with Crippen molar-refractivity contribution in [2.75, 3.05) is 0 Å². The molecule has 1 aliphatic carbocycles. The Kier molecular flexibility index (Phi) is 6.28. The van der Waals surface area contributed by atoms with Gasteiger partial charge in [-0.15, -0.1) is 0 Å². The van der Waals surface area contributed by atoms with E-state index in [4.69, 9.17) is 18.8 Å². The van der Waals surface area contributed by atoms with E-state index in [1.807, 2.05) is 18.2 Å². The number of furan rings is 2. The summed E-state index contributed by atoms with van der Waals surface area (Å²) in [5.74, 6) is 0.645. The maximum absolute atomic E-state index is 6.72. The van der Waals surface area contributed by atoms with Gasteiger partial charge in [0.05, 0.1) is 27.5 Å². The molecular formula is C48H35N3O2. The standard InChI is InChI=1S/C48H35N3O2/c1-48(2,3)30-21-25-42-36(27-30)33-17-11-16-31(45(33)52-42)29-20-23-39-37(26-29)43-40(24-22-34-32-14-8-10-19-41(32)53-46(34)43)51(39)47-49-38-18-9-7-15-35(38)44(50-47)28-12-5-4-6-13-28/h4-6,8,10-27H,7,9H2,1-3H3. The topological polar surface area (TPSA) is 57.0 Å². The number of rotatable bonds is 3. The first-order valence-electron chi connectivity index (χ1n) is 18.4. The number of benzene rings is 6. The lowest BCUT2D eigenvalue weighted by atomic mass is 9.86. The van der Waals surface area contributed by atoms with Crippen molar-refractivity contribution in [3.05, 3.63) is 137 Å². The van der Waals surface area contributed by atoms with Crippen LogP contribution >= 0.6 is 0 Å². The normalized spacial score (nSPS) is 13.3. The zero-order valence-corrected chi connectivity index (χ0v) is 29.8. The van der Waals surface area contributed by atoms with E-state index in [1.165, 1.54) is 5.56 Å². The van der Waals surface area contributed by atoms with Crippen LogP contribution in [-0.4, -0.2) is 14.5 Å². The summed E-state index contributed by atoms with van der Waals surface area (Å²) in [5, 5.41) is 8.64. The summed E-state index contributed by atoms with van der Waals surface area (Å²) >= 11 is 0. The predicted octanol–water partition coefficient (Wildman–Crippen LogP) is 11.4. The van der Waals surface area contributed by atoms with E-state index in [0.29, 0.717) is 5.95 Å². The molecule has 0 aliphatic heterocycles. The van der Waals surface area contributed by atoms with Crippen LogP contribution in [0.3, 0.4) is 0 Å². The third kappa shape index (κ3) is 4.50. The number of aromatic nitrogens is 3. The Morgan fingerprint density at radius 2 is 1.32 bits per heavy atom. The molecule has 0 unspecified atom stereocenters. The summed E-state index contributed by atoms with van der Waals surface area (Å²) in [5.41, 5.74) is 11.0. The van der Waals surface area contributed by atoms with Gasteiger partial charge in [0.1, 0.15) is 22.3 Å². The highest BCUT2D eigenvalue weighted by atomic mass is 16.3. The number of hydrogen-bond donors (Lipinski definition) is 0. The molecule has 4 aromatic heterocycles. The van der Waals surface area contributed by atoms with Crippen LogP contribution in [0.4, 0.5) is 0 Å². The van der Waals surface area contributed by atoms with Gasteiger partial charge in [0, 0.05) is 43.3 Å². The van der Waals surface area contributed by atoms with E-state index in [2.05, 4.69) is 141 Å². The van der Waals surface area contributed by atoms with Crippen LogP contribution in [0.15, 0.2) is 130 Å². The van der Waals surface area contributed by atoms with Gasteiger partial charge in [-0.2, -0.15) is 0 Å². The molecule has 0 bridgehead atoms. The Labute approximate surface area is 305 Å². The van der Waals surface area contributed by atoms with Gasteiger partial charge in [-0.05, 0) is 71.8 Å². The predicted molar refractivity (Wildman–Crippen MR) is 218 cm³/mol. The van der Waals surface area contributed by atoms with Crippen molar-refractivity contribution >= 4 is 77.8 Å². The monoisotopic (exact) mass is 685 g/mol. The number of hydrogen-bond acceptors (Lipinski definition) is 4. The molecule has 5 nitrogen and oxygen atoms in total. The molecular weight excluding hydrogens is 651 g/mol. The zero-order chi connectivity index (χ0) is 35.4. The summed E-state index contributed by atoms with van der Waals surface area (Å²) in [6.07, 6.45) is 6.46. The molecule has 0 fully saturated rings. The molecule has 6 aromatic carbocycles. The average molecular weight is 686 g/mol. The first-order chi connectivity index (χ1) is 25.9. The van der Waals surface area contributed by atoms with Crippen molar-refractivity contribution in [3.63, 3.8) is 0 Å². The Hall–Kier alpha value is -6.46. The van der Waals surface area contributed by atoms with Gasteiger partial charge in [0.15, 0.2) is 0 Å². The SMILES string of the molecule is CC(C)(C)c1ccc2oc3c(-c4ccc5c(c4)c4c6oc7ccccc7c6ccc4n5-c4nc(-c5ccccc5)c5c(n4)=CCCC=5)cccc3c2c1. The molecule has 5 heteroatoms. The second-order valence-electron chi connectivity index (χ2n) is 15.3. The summed E-state index contributed by atoms with van der Waals surface area (Å²) in [7, 11) is 0. The summed E-state index contributed by atoms with van der Waals surface area (Å²) < 4.78 is 15.6. The van der Waals surface area contributed by atoms with Crippen LogP contribution in [0.25, 0.3) is 106 Å². The Balaban J connectivity index is 1.22. The highest BCUT2D eigenvalue weighted by molar-refractivity contribution is 6.24. The molecule has 0 amide bonds. The molecule has 0 N–H and O–H groups in total. The van der Waals surface area contributed by atoms with Gasteiger partial charge in [0.2, 0.25) is 5.95 Å². The largest absolute Gasteiger partial charge is 0.455 e. The number of nitrogens with zero attached hydrogens (tertiary/aromatic N) is 3. The molecule has 0 atom stereocenters. The first kappa shape index (κ1) is 30.2. The van der Waals surface area contributed by atoms with Crippen molar-refractivity contribution in [2.24, 2.45) is 0 Å². The minimum Gasteiger partial charge on any atom is -0.455 e. The van der Waals surface area contributed by atoms with Crippen molar-refractivity contribution in [1.82, 2.24) is 14.5 Å². The lowest BCUT2D eigenvalue weighted by Gasteiger charge is -2.18. The molecule has 10 aromatic rings. The zero-order valence-electron chi connectivity index (χ0n) is 29.8. The van der Waals surface area contributed by atoms with E-state index in [0.717, 1.165) is 111 Å². The molecule has 0 radical (unpaired) electrons. The quantitative estimate of drug-likeness (QED) is 0.186. The first-order valence-corrected chi connectivity index (χ1v) is 18.4. The van der Waals surface area contributed by atoms with Gasteiger partial charge >= 0.3 is 0 Å². The molecule has 254 valence electrons. The maximum Gasteiger partial charge on any atom is 0.235 e. The molecule has 4 heterocycles. The fourth-order valence-corrected chi connectivity index (χ4v) is 8.36. The average Bonchev–Trinajstić information content (AvgIpc) is 3.86. The van der Waals surface area contributed by atoms with Gasteiger partial charge < -0.3 is 8.83 Å². The minimum absolute atomic E-state index is 0.0382. The molecule has 0 spiro atoms. The van der Waals surface area contributed by atoms with E-state index < -0.39 is 0 Å². The third-order valence-corrected chi connectivity index (χ3v) is 11.0. The fraction of sp³-hybridized carbons (Fsp3) is 0.125. The van der Waals surface area contributed by atoms with E-state index in [9.17, 15) is 0 Å². The van der Waals surface area contributed by atoms with Crippen LogP contribution in [0.1, 0.15) is 39.2 Å². The molecule has 0 saturated carbocycles. The summed E-state index contributed by atoms with van der Waals surface area (Å²) in [6, 6.07) is 42.9. The second kappa shape index (κ2) is 11.0. The minimum atomic E-state index is 0.0382. The Morgan fingerprint density at radius 3 is 2.21 bits per heavy atom. The van der Waals surface area contributed by atoms with Crippen molar-refractivity contribution in [3.8, 4) is 28.3 Å². The van der Waals surface area contributed by atoms with E-state index in [-0.39, 0.29) is 5.41 Å². The van der Waals surface area contributed by atoms with Crippen LogP contribution in [-0.2, 0) is 5.41 Å². The molecule has 53 heavy (non-hydrogen) atoms. The molecule has 0 saturated heterocycles. The lowest BCUT2D eigenvalue weighted by molar-refractivity contribution is 0.590. The highest BCUT2D eigenvalue weighted by Crippen LogP contribution is 2.43. The van der Waals surface area contributed by atoms with Crippen LogP contribution in [0.2, 0.25) is 0 Å². The van der Waals surface area contributed by atoms with Crippen molar-refractivity contribution in [1.29, 1.82) is 0 Å². The van der Waals surface area contributed by atoms with Crippen molar-refractivity contribution in [2.45, 2.75) is 39.0 Å². The fourth-order valence-electron chi connectivity index (χ4n) is 8.36. The number of fused-ring (bicyclic) bond motifs is 11. The van der Waals surface area contributed by atoms with Gasteiger partial charge in [0.25, 0.3) is 0 Å². The Bertz CT molecular complexity index is 3260. The van der Waals surface area contributed by atoms with Gasteiger partial charge in [-0.25, -0.2) is 9.97 Å².